The highest BCUT2D eigenvalue weighted by Crippen LogP contribution is 2.28. The van der Waals surface area contributed by atoms with Crippen molar-refractivity contribution < 1.29 is 14.6 Å². The summed E-state index contributed by atoms with van der Waals surface area (Å²) in [4.78, 5) is 16.9. The maximum Gasteiger partial charge on any atom is 0.347 e. The van der Waals surface area contributed by atoms with Crippen LogP contribution in [0.25, 0.3) is 16.2 Å². The van der Waals surface area contributed by atoms with Gasteiger partial charge in [0.15, 0.2) is 4.96 Å². The minimum atomic E-state index is -0.892. The largest absolute Gasteiger partial charge is 0.494 e. The summed E-state index contributed by atoms with van der Waals surface area (Å²) in [7, 11) is 0. The van der Waals surface area contributed by atoms with E-state index in [1.54, 1.807) is 0 Å². The first-order valence-electron chi connectivity index (χ1n) is 7.61. The molecule has 6 heteroatoms. The van der Waals surface area contributed by atoms with Crippen LogP contribution in [0.2, 0.25) is 0 Å². The van der Waals surface area contributed by atoms with E-state index in [1.807, 2.05) is 41.8 Å². The van der Waals surface area contributed by atoms with Crippen molar-refractivity contribution in [2.24, 2.45) is 0 Å². The summed E-state index contributed by atoms with van der Waals surface area (Å²) in [5, 5.41) is 9.26. The van der Waals surface area contributed by atoms with Crippen molar-refractivity contribution in [3.63, 3.8) is 0 Å². The Morgan fingerprint density at radius 3 is 2.65 bits per heavy atom. The molecular weight excluding hydrogens is 312 g/mol. The zero-order valence-corrected chi connectivity index (χ0v) is 13.9. The van der Waals surface area contributed by atoms with Crippen LogP contribution in [-0.4, -0.2) is 27.1 Å². The van der Waals surface area contributed by atoms with Crippen LogP contribution >= 0.6 is 11.3 Å². The highest BCUT2D eigenvalue weighted by atomic mass is 32.1. The van der Waals surface area contributed by atoms with E-state index in [4.69, 9.17) is 4.74 Å². The Morgan fingerprint density at radius 1 is 1.30 bits per heavy atom. The Morgan fingerprint density at radius 2 is 2.04 bits per heavy atom. The number of carbonyl (C=O) groups is 1. The Kier molecular flexibility index (Phi) is 4.34. The molecular formula is C17H18N2O3S. The first-order chi connectivity index (χ1) is 11.1. The molecule has 2 heterocycles. The lowest BCUT2D eigenvalue weighted by atomic mass is 10.1. The van der Waals surface area contributed by atoms with Crippen LogP contribution in [0.4, 0.5) is 0 Å². The summed E-state index contributed by atoms with van der Waals surface area (Å²) in [5.41, 5.74) is 2.62. The molecule has 0 atom stereocenters. The molecule has 0 radical (unpaired) electrons. The summed E-state index contributed by atoms with van der Waals surface area (Å²) >= 11 is 1.21. The zero-order chi connectivity index (χ0) is 16.4. The molecule has 3 rings (SSSR count). The second kappa shape index (κ2) is 6.42. The fourth-order valence-corrected chi connectivity index (χ4v) is 3.50. The zero-order valence-electron chi connectivity index (χ0n) is 13.1. The van der Waals surface area contributed by atoms with Gasteiger partial charge in [-0.1, -0.05) is 25.2 Å². The summed E-state index contributed by atoms with van der Waals surface area (Å²) in [6, 6.07) is 7.81. The average molecular weight is 330 g/mol. The van der Waals surface area contributed by atoms with Gasteiger partial charge < -0.3 is 9.84 Å². The van der Waals surface area contributed by atoms with E-state index in [-0.39, 0.29) is 0 Å². The molecule has 2 aromatic heterocycles. The topological polar surface area (TPSA) is 63.8 Å². The molecule has 0 aliphatic heterocycles. The first-order valence-corrected chi connectivity index (χ1v) is 8.43. The van der Waals surface area contributed by atoms with Gasteiger partial charge in [-0.3, -0.25) is 4.40 Å². The Hall–Kier alpha value is -2.34. The molecule has 0 amide bonds. The van der Waals surface area contributed by atoms with Gasteiger partial charge in [-0.2, -0.15) is 0 Å². The Bertz CT molecular complexity index is 834. The van der Waals surface area contributed by atoms with Gasteiger partial charge in [0.2, 0.25) is 0 Å². The van der Waals surface area contributed by atoms with E-state index in [2.05, 4.69) is 11.9 Å². The number of aryl methyl sites for hydroxylation is 1. The van der Waals surface area contributed by atoms with E-state index in [9.17, 15) is 9.90 Å². The van der Waals surface area contributed by atoms with Crippen molar-refractivity contribution >= 4 is 22.3 Å². The van der Waals surface area contributed by atoms with E-state index in [1.165, 1.54) is 11.3 Å². The van der Waals surface area contributed by atoms with Gasteiger partial charge in [0.1, 0.15) is 10.6 Å². The lowest BCUT2D eigenvalue weighted by Crippen LogP contribution is -1.99. The fourth-order valence-electron chi connectivity index (χ4n) is 2.47. The molecule has 0 aliphatic carbocycles. The van der Waals surface area contributed by atoms with Crippen molar-refractivity contribution in [1.29, 1.82) is 0 Å². The third-order valence-corrected chi connectivity index (χ3v) is 4.66. The van der Waals surface area contributed by atoms with Crippen LogP contribution in [0.3, 0.4) is 0 Å². The molecule has 0 bridgehead atoms. The van der Waals surface area contributed by atoms with Crippen LogP contribution in [0.5, 0.6) is 5.75 Å². The fraction of sp³-hybridized carbons (Fsp3) is 0.294. The molecule has 0 saturated heterocycles. The van der Waals surface area contributed by atoms with Crippen LogP contribution < -0.4 is 4.74 Å². The molecule has 3 aromatic rings. The van der Waals surface area contributed by atoms with Gasteiger partial charge in [0.05, 0.1) is 12.3 Å². The van der Waals surface area contributed by atoms with E-state index < -0.39 is 5.97 Å². The maximum atomic E-state index is 11.3. The summed E-state index contributed by atoms with van der Waals surface area (Å²) in [5.74, 6) is -0.0460. The number of hydrogen-bond acceptors (Lipinski definition) is 4. The number of aromatic carboxylic acids is 1. The number of aromatic nitrogens is 2. The van der Waals surface area contributed by atoms with E-state index >= 15 is 0 Å². The highest BCUT2D eigenvalue weighted by molar-refractivity contribution is 7.19. The molecule has 0 saturated carbocycles. The number of thiazole rings is 1. The van der Waals surface area contributed by atoms with E-state index in [0.717, 1.165) is 29.1 Å². The number of carboxylic acid groups (broad SMARTS) is 1. The van der Waals surface area contributed by atoms with Crippen molar-refractivity contribution in [2.75, 3.05) is 6.61 Å². The number of ether oxygens (including phenoxy) is 1. The average Bonchev–Trinajstić information content (AvgIpc) is 3.10. The number of carboxylic acids is 1. The van der Waals surface area contributed by atoms with Gasteiger partial charge in [0, 0.05) is 17.5 Å². The maximum absolute atomic E-state index is 11.3. The van der Waals surface area contributed by atoms with Gasteiger partial charge in [-0.25, -0.2) is 9.78 Å². The first kappa shape index (κ1) is 15.6. The van der Waals surface area contributed by atoms with Crippen molar-refractivity contribution in [3.05, 3.63) is 41.0 Å². The molecule has 0 spiro atoms. The minimum absolute atomic E-state index is 0.366. The van der Waals surface area contributed by atoms with Gasteiger partial charge in [0.25, 0.3) is 0 Å². The number of fused-ring (bicyclic) bond motifs is 1. The van der Waals surface area contributed by atoms with Crippen molar-refractivity contribution in [3.8, 4) is 17.0 Å². The van der Waals surface area contributed by atoms with Crippen molar-refractivity contribution in [2.45, 2.75) is 26.7 Å². The lowest BCUT2D eigenvalue weighted by Gasteiger charge is -2.04. The second-order valence-corrected chi connectivity index (χ2v) is 6.17. The highest BCUT2D eigenvalue weighted by Gasteiger charge is 2.18. The molecule has 0 unspecified atom stereocenters. The Balaban J connectivity index is 1.94. The Labute approximate surface area is 138 Å². The minimum Gasteiger partial charge on any atom is -0.494 e. The van der Waals surface area contributed by atoms with Crippen LogP contribution in [-0.2, 0) is 6.42 Å². The van der Waals surface area contributed by atoms with Crippen molar-refractivity contribution in [1.82, 2.24) is 9.38 Å². The molecule has 0 fully saturated rings. The van der Waals surface area contributed by atoms with Gasteiger partial charge >= 0.3 is 5.97 Å². The lowest BCUT2D eigenvalue weighted by molar-refractivity contribution is 0.0700. The molecule has 1 N–H and O–H groups in total. The van der Waals surface area contributed by atoms with Crippen LogP contribution in [0, 0.1) is 0 Å². The number of hydrogen-bond donors (Lipinski definition) is 1. The molecule has 23 heavy (non-hydrogen) atoms. The predicted octanol–water partition coefficient (Wildman–Crippen LogP) is 4.11. The number of rotatable bonds is 6. The standard InChI is InChI=1S/C17H18N2O3S/c1-3-9-22-12-7-5-11(6-8-12)13-10-19-14(4-2)15(16(20)21)23-17(19)18-13/h5-8,10H,3-4,9H2,1-2H3,(H,20,21). The summed E-state index contributed by atoms with van der Waals surface area (Å²) < 4.78 is 7.46. The normalized spacial score (nSPS) is 11.0. The number of nitrogens with zero attached hydrogens (tertiary/aromatic N) is 2. The molecule has 0 aliphatic rings. The summed E-state index contributed by atoms with van der Waals surface area (Å²) in [6.07, 6.45) is 3.53. The van der Waals surface area contributed by atoms with Gasteiger partial charge in [-0.05, 0) is 37.1 Å². The number of imidazole rings is 1. The SMILES string of the molecule is CCCOc1ccc(-c2cn3c(CC)c(C(=O)O)sc3n2)cc1. The van der Waals surface area contributed by atoms with E-state index in [0.29, 0.717) is 22.9 Å². The third-order valence-electron chi connectivity index (χ3n) is 3.57. The quantitative estimate of drug-likeness (QED) is 0.738. The molecule has 5 nitrogen and oxygen atoms in total. The predicted molar refractivity (Wildman–Crippen MR) is 90.6 cm³/mol. The molecule has 120 valence electrons. The van der Waals surface area contributed by atoms with Crippen LogP contribution in [0.1, 0.15) is 35.6 Å². The second-order valence-electron chi connectivity index (χ2n) is 5.19. The number of benzene rings is 1. The monoisotopic (exact) mass is 330 g/mol. The van der Waals surface area contributed by atoms with Gasteiger partial charge in [-0.15, -0.1) is 0 Å². The third kappa shape index (κ3) is 2.94. The smallest absolute Gasteiger partial charge is 0.347 e. The van der Waals surface area contributed by atoms with Crippen LogP contribution in [0.15, 0.2) is 30.5 Å². The summed E-state index contributed by atoms with van der Waals surface area (Å²) in [6.45, 7) is 4.73. The molecule has 1 aromatic carbocycles.